The van der Waals surface area contributed by atoms with E-state index in [1.54, 1.807) is 6.20 Å². The highest BCUT2D eigenvalue weighted by atomic mass is 16.6. The Morgan fingerprint density at radius 2 is 1.80 bits per heavy atom. The van der Waals surface area contributed by atoms with Crippen molar-refractivity contribution >= 4 is 11.8 Å². The molecular weight excluding hydrogens is 382 g/mol. The molecule has 7 heteroatoms. The fraction of sp³-hybridized carbons (Fsp3) is 0.696. The van der Waals surface area contributed by atoms with Gasteiger partial charge in [-0.05, 0) is 49.8 Å². The van der Waals surface area contributed by atoms with Crippen LogP contribution in [0.3, 0.4) is 0 Å². The lowest BCUT2D eigenvalue weighted by Crippen LogP contribution is -2.48. The number of nitrogens with zero attached hydrogens (tertiary/aromatic N) is 3. The molecule has 1 saturated carbocycles. The molecule has 0 radical (unpaired) electrons. The van der Waals surface area contributed by atoms with Crippen LogP contribution >= 0.6 is 0 Å². The van der Waals surface area contributed by atoms with Crippen molar-refractivity contribution in [3.8, 4) is 11.6 Å². The average Bonchev–Trinajstić information content (AvgIpc) is 3.34. The summed E-state index contributed by atoms with van der Waals surface area (Å²) in [4.78, 5) is 33.3. The van der Waals surface area contributed by atoms with Gasteiger partial charge < -0.3 is 9.47 Å². The second kappa shape index (κ2) is 7.84. The van der Waals surface area contributed by atoms with Crippen LogP contribution in [0.1, 0.15) is 57.8 Å². The van der Waals surface area contributed by atoms with E-state index in [-0.39, 0.29) is 22.8 Å². The maximum Gasteiger partial charge on any atom is 0.257 e. The van der Waals surface area contributed by atoms with Crippen LogP contribution in [0.2, 0.25) is 0 Å². The van der Waals surface area contributed by atoms with Crippen LogP contribution in [0.15, 0.2) is 18.3 Å². The quantitative estimate of drug-likeness (QED) is 0.546. The molecule has 7 nitrogen and oxygen atoms in total. The summed E-state index contributed by atoms with van der Waals surface area (Å²) in [5, 5.41) is 0. The standard InChI is InChI=1S/C23H31N3O4/c27-19-14-22(7-1-2-8-22)15-20(28)26(19)12-4-3-11-25-13-9-23(16-25)17-29-21-18(30-23)6-5-10-24-21/h5-6,10H,1-4,7-9,11-17H2. The first-order valence-corrected chi connectivity index (χ1v) is 11.4. The molecular formula is C23H31N3O4. The summed E-state index contributed by atoms with van der Waals surface area (Å²) in [6.45, 7) is 3.86. The van der Waals surface area contributed by atoms with E-state index in [0.717, 1.165) is 70.3 Å². The Bertz CT molecular complexity index is 802. The summed E-state index contributed by atoms with van der Waals surface area (Å²) < 4.78 is 12.1. The lowest BCUT2D eigenvalue weighted by molar-refractivity contribution is -0.153. The third-order valence-corrected chi connectivity index (χ3v) is 7.35. The molecule has 5 rings (SSSR count). The van der Waals surface area contributed by atoms with Crippen molar-refractivity contribution in [3.63, 3.8) is 0 Å². The van der Waals surface area contributed by atoms with Crippen molar-refractivity contribution in [2.24, 2.45) is 5.41 Å². The molecule has 0 aromatic carbocycles. The molecule has 2 amide bonds. The normalized spacial score (nSPS) is 28.1. The van der Waals surface area contributed by atoms with E-state index in [2.05, 4.69) is 9.88 Å². The predicted octanol–water partition coefficient (Wildman–Crippen LogP) is 2.79. The Balaban J connectivity index is 1.07. The summed E-state index contributed by atoms with van der Waals surface area (Å²) in [6, 6.07) is 3.78. The van der Waals surface area contributed by atoms with Gasteiger partial charge in [-0.15, -0.1) is 0 Å². The second-order valence-electron chi connectivity index (χ2n) is 9.61. The Morgan fingerprint density at radius 3 is 2.60 bits per heavy atom. The lowest BCUT2D eigenvalue weighted by atomic mass is 9.76. The van der Waals surface area contributed by atoms with Crippen molar-refractivity contribution in [2.75, 3.05) is 32.8 Å². The van der Waals surface area contributed by atoms with Crippen LogP contribution in [0.5, 0.6) is 11.6 Å². The number of rotatable bonds is 5. The van der Waals surface area contributed by atoms with Gasteiger partial charge in [0.15, 0.2) is 11.4 Å². The Morgan fingerprint density at radius 1 is 1.03 bits per heavy atom. The molecule has 4 aliphatic rings. The molecule has 1 aromatic rings. The largest absolute Gasteiger partial charge is 0.477 e. The molecule has 1 aromatic heterocycles. The third-order valence-electron chi connectivity index (χ3n) is 7.35. The number of fused-ring (bicyclic) bond motifs is 1. The van der Waals surface area contributed by atoms with E-state index in [1.807, 2.05) is 12.1 Å². The number of hydrogen-bond donors (Lipinski definition) is 0. The van der Waals surface area contributed by atoms with Gasteiger partial charge >= 0.3 is 0 Å². The zero-order valence-electron chi connectivity index (χ0n) is 17.6. The van der Waals surface area contributed by atoms with Crippen molar-refractivity contribution in [1.29, 1.82) is 0 Å². The first-order chi connectivity index (χ1) is 14.6. The number of hydrogen-bond acceptors (Lipinski definition) is 6. The molecule has 1 atom stereocenters. The number of imide groups is 1. The highest BCUT2D eigenvalue weighted by Gasteiger charge is 2.45. The fourth-order valence-electron chi connectivity index (χ4n) is 5.71. The summed E-state index contributed by atoms with van der Waals surface area (Å²) in [5.41, 5.74) is -0.296. The van der Waals surface area contributed by atoms with Crippen LogP contribution in [-0.4, -0.2) is 65.0 Å². The molecule has 2 saturated heterocycles. The van der Waals surface area contributed by atoms with E-state index in [1.165, 1.54) is 4.90 Å². The topological polar surface area (TPSA) is 72.0 Å². The molecule has 1 unspecified atom stereocenters. The van der Waals surface area contributed by atoms with Gasteiger partial charge in [-0.2, -0.15) is 0 Å². The number of amides is 2. The molecule has 2 spiro atoms. The van der Waals surface area contributed by atoms with E-state index in [4.69, 9.17) is 9.47 Å². The minimum absolute atomic E-state index is 0.00918. The monoisotopic (exact) mass is 413 g/mol. The second-order valence-corrected chi connectivity index (χ2v) is 9.61. The highest BCUT2D eigenvalue weighted by Crippen LogP contribution is 2.47. The van der Waals surface area contributed by atoms with E-state index in [9.17, 15) is 9.59 Å². The van der Waals surface area contributed by atoms with Gasteiger partial charge in [0.05, 0.1) is 0 Å². The highest BCUT2D eigenvalue weighted by molar-refractivity contribution is 5.98. The average molecular weight is 414 g/mol. The Hall–Kier alpha value is -2.15. The summed E-state index contributed by atoms with van der Waals surface area (Å²) in [5.74, 6) is 1.41. The third kappa shape index (κ3) is 3.80. The van der Waals surface area contributed by atoms with Crippen molar-refractivity contribution < 1.29 is 19.1 Å². The summed E-state index contributed by atoms with van der Waals surface area (Å²) in [6.07, 6.45) is 10.0. The molecule has 0 bridgehead atoms. The van der Waals surface area contributed by atoms with Crippen LogP contribution in [0.25, 0.3) is 0 Å². The Kier molecular flexibility index (Phi) is 5.17. The van der Waals surface area contributed by atoms with Crippen LogP contribution in [0, 0.1) is 5.41 Å². The zero-order chi connectivity index (χ0) is 20.6. The number of carbonyl (C=O) groups excluding carboxylic acids is 2. The lowest BCUT2D eigenvalue weighted by Gasteiger charge is -2.37. The maximum absolute atomic E-state index is 12.6. The van der Waals surface area contributed by atoms with Crippen molar-refractivity contribution in [1.82, 2.24) is 14.8 Å². The number of carbonyl (C=O) groups is 2. The van der Waals surface area contributed by atoms with Crippen LogP contribution in [-0.2, 0) is 9.59 Å². The first-order valence-electron chi connectivity index (χ1n) is 11.4. The van der Waals surface area contributed by atoms with Crippen molar-refractivity contribution in [3.05, 3.63) is 18.3 Å². The molecule has 1 aliphatic carbocycles. The van der Waals surface area contributed by atoms with Gasteiger partial charge in [0, 0.05) is 45.1 Å². The summed E-state index contributed by atoms with van der Waals surface area (Å²) in [7, 11) is 0. The zero-order valence-corrected chi connectivity index (χ0v) is 17.6. The smallest absolute Gasteiger partial charge is 0.257 e. The van der Waals surface area contributed by atoms with Crippen LogP contribution in [0.4, 0.5) is 0 Å². The van der Waals surface area contributed by atoms with Crippen molar-refractivity contribution in [2.45, 2.75) is 63.4 Å². The molecule has 30 heavy (non-hydrogen) atoms. The van der Waals surface area contributed by atoms with Gasteiger partial charge in [0.25, 0.3) is 5.88 Å². The Labute approximate surface area is 177 Å². The number of piperidine rings is 1. The van der Waals surface area contributed by atoms with E-state index in [0.29, 0.717) is 31.9 Å². The number of likely N-dealkylation sites (tertiary alicyclic amines) is 2. The summed E-state index contributed by atoms with van der Waals surface area (Å²) >= 11 is 0. The maximum atomic E-state index is 12.6. The molecule has 0 N–H and O–H groups in total. The van der Waals surface area contributed by atoms with Gasteiger partial charge in [-0.25, -0.2) is 4.98 Å². The minimum Gasteiger partial charge on any atom is -0.477 e. The van der Waals surface area contributed by atoms with E-state index < -0.39 is 0 Å². The molecule has 162 valence electrons. The number of ether oxygens (including phenoxy) is 2. The SMILES string of the molecule is O=C1CC2(CCCC2)CC(=O)N1CCCCN1CCC2(COc3ncccc3O2)C1. The molecule has 3 fully saturated rings. The fourth-order valence-corrected chi connectivity index (χ4v) is 5.71. The van der Waals surface area contributed by atoms with Gasteiger partial charge in [0.1, 0.15) is 6.61 Å². The first kappa shape index (κ1) is 19.8. The van der Waals surface area contributed by atoms with E-state index >= 15 is 0 Å². The minimum atomic E-state index is -0.287. The molecule has 3 aliphatic heterocycles. The molecule has 4 heterocycles. The number of aromatic nitrogens is 1. The van der Waals surface area contributed by atoms with Gasteiger partial charge in [-0.3, -0.25) is 19.4 Å². The predicted molar refractivity (Wildman–Crippen MR) is 110 cm³/mol. The van der Waals surface area contributed by atoms with Gasteiger partial charge in [-0.1, -0.05) is 12.8 Å². The number of unbranched alkanes of at least 4 members (excludes halogenated alkanes) is 1. The number of pyridine rings is 1. The van der Waals surface area contributed by atoms with Crippen LogP contribution < -0.4 is 9.47 Å². The van der Waals surface area contributed by atoms with Gasteiger partial charge in [0.2, 0.25) is 11.8 Å².